The normalized spacial score (nSPS) is 22.4. The second kappa shape index (κ2) is 6.60. The zero-order chi connectivity index (χ0) is 16.3. The summed E-state index contributed by atoms with van der Waals surface area (Å²) in [5, 5.41) is 9.01. The number of aliphatic carboxylic acids is 1. The maximum Gasteiger partial charge on any atom is 0.410 e. The van der Waals surface area contributed by atoms with Gasteiger partial charge in [0.1, 0.15) is 6.61 Å². The smallest absolute Gasteiger partial charge is 0.410 e. The largest absolute Gasteiger partial charge is 0.481 e. The van der Waals surface area contributed by atoms with Gasteiger partial charge in [0.25, 0.3) is 0 Å². The molecule has 0 aromatic heterocycles. The molecular weight excluding hydrogens is 294 g/mol. The molecular formula is C18H23NO4. The monoisotopic (exact) mass is 317 g/mol. The third kappa shape index (κ3) is 3.49. The van der Waals surface area contributed by atoms with Crippen LogP contribution in [-0.4, -0.2) is 34.2 Å². The zero-order valence-corrected chi connectivity index (χ0v) is 13.2. The lowest BCUT2D eigenvalue weighted by Gasteiger charge is -2.54. The Labute approximate surface area is 136 Å². The predicted octanol–water partition coefficient (Wildman–Crippen LogP) is 3.43. The third-order valence-electron chi connectivity index (χ3n) is 5.18. The SMILES string of the molecule is O=C(O)CC1CCN(C(=O)OCc2ccccc2)C2(CCC2)C1. The van der Waals surface area contributed by atoms with Gasteiger partial charge in [-0.25, -0.2) is 4.79 Å². The fraction of sp³-hybridized carbons (Fsp3) is 0.556. The Hall–Kier alpha value is -2.04. The molecule has 1 amide bonds. The Morgan fingerprint density at radius 2 is 2.00 bits per heavy atom. The van der Waals surface area contributed by atoms with E-state index in [0.717, 1.165) is 37.7 Å². The van der Waals surface area contributed by atoms with Crippen LogP contribution < -0.4 is 0 Å². The maximum atomic E-state index is 12.5. The molecule has 1 aliphatic carbocycles. The van der Waals surface area contributed by atoms with Crippen molar-refractivity contribution >= 4 is 12.1 Å². The number of carboxylic acid groups (broad SMARTS) is 1. The molecule has 3 rings (SSSR count). The van der Waals surface area contributed by atoms with Crippen molar-refractivity contribution in [2.75, 3.05) is 6.54 Å². The van der Waals surface area contributed by atoms with Crippen LogP contribution in [0.4, 0.5) is 4.79 Å². The number of rotatable bonds is 4. The van der Waals surface area contributed by atoms with Gasteiger partial charge in [0.15, 0.2) is 0 Å². The van der Waals surface area contributed by atoms with E-state index in [1.165, 1.54) is 0 Å². The standard InChI is InChI=1S/C18H23NO4/c20-16(21)11-15-7-10-19(18(12-15)8-4-9-18)17(22)23-13-14-5-2-1-3-6-14/h1-3,5-6,15H,4,7-13H2,(H,20,21). The van der Waals surface area contributed by atoms with E-state index in [1.807, 2.05) is 35.2 Å². The first kappa shape index (κ1) is 15.8. The van der Waals surface area contributed by atoms with E-state index in [9.17, 15) is 9.59 Å². The summed E-state index contributed by atoms with van der Waals surface area (Å²) in [5.41, 5.74) is 0.816. The molecule has 0 bridgehead atoms. The van der Waals surface area contributed by atoms with Crippen molar-refractivity contribution < 1.29 is 19.4 Å². The molecule has 1 atom stereocenters. The van der Waals surface area contributed by atoms with E-state index in [0.29, 0.717) is 6.54 Å². The number of amides is 1. The van der Waals surface area contributed by atoms with Crippen molar-refractivity contribution in [1.82, 2.24) is 4.90 Å². The average Bonchev–Trinajstić information content (AvgIpc) is 2.51. The lowest BCUT2D eigenvalue weighted by molar-refractivity contribution is -0.139. The fourth-order valence-corrected chi connectivity index (χ4v) is 3.86. The Bertz CT molecular complexity index is 568. The summed E-state index contributed by atoms with van der Waals surface area (Å²) in [6.07, 6.45) is 4.50. The maximum absolute atomic E-state index is 12.5. The van der Waals surface area contributed by atoms with Crippen LogP contribution in [0.1, 0.15) is 44.1 Å². The number of carbonyl (C=O) groups is 2. The molecule has 5 nitrogen and oxygen atoms in total. The summed E-state index contributed by atoms with van der Waals surface area (Å²) in [4.78, 5) is 25.3. The number of nitrogens with zero attached hydrogens (tertiary/aromatic N) is 1. The topological polar surface area (TPSA) is 66.8 Å². The number of carboxylic acids is 1. The van der Waals surface area contributed by atoms with Crippen LogP contribution in [0.5, 0.6) is 0 Å². The Morgan fingerprint density at radius 3 is 2.61 bits per heavy atom. The van der Waals surface area contributed by atoms with Gasteiger partial charge in [-0.3, -0.25) is 4.79 Å². The van der Waals surface area contributed by atoms with Crippen molar-refractivity contribution in [2.45, 2.75) is 50.7 Å². The molecule has 1 heterocycles. The van der Waals surface area contributed by atoms with Crippen molar-refractivity contribution in [1.29, 1.82) is 0 Å². The number of hydrogen-bond acceptors (Lipinski definition) is 3. The van der Waals surface area contributed by atoms with E-state index in [4.69, 9.17) is 9.84 Å². The van der Waals surface area contributed by atoms with Crippen LogP contribution in [0.2, 0.25) is 0 Å². The van der Waals surface area contributed by atoms with E-state index < -0.39 is 5.97 Å². The minimum absolute atomic E-state index is 0.161. The van der Waals surface area contributed by atoms with Crippen LogP contribution >= 0.6 is 0 Å². The van der Waals surface area contributed by atoms with Gasteiger partial charge < -0.3 is 14.7 Å². The number of carbonyl (C=O) groups excluding carboxylic acids is 1. The van der Waals surface area contributed by atoms with E-state index in [1.54, 1.807) is 0 Å². The van der Waals surface area contributed by atoms with Crippen molar-refractivity contribution in [3.8, 4) is 0 Å². The van der Waals surface area contributed by atoms with Crippen LogP contribution in [0.3, 0.4) is 0 Å². The second-order valence-electron chi connectivity index (χ2n) is 6.73. The minimum Gasteiger partial charge on any atom is -0.481 e. The molecule has 1 aromatic rings. The van der Waals surface area contributed by atoms with E-state index in [-0.39, 0.29) is 30.6 Å². The van der Waals surface area contributed by atoms with Crippen molar-refractivity contribution in [3.05, 3.63) is 35.9 Å². The lowest BCUT2D eigenvalue weighted by atomic mass is 9.67. The Balaban J connectivity index is 1.60. The number of piperidine rings is 1. The summed E-state index contributed by atoms with van der Waals surface area (Å²) in [5.74, 6) is -0.574. The first-order valence-corrected chi connectivity index (χ1v) is 8.29. The van der Waals surface area contributed by atoms with Gasteiger partial charge in [-0.05, 0) is 43.6 Å². The Morgan fingerprint density at radius 1 is 1.26 bits per heavy atom. The third-order valence-corrected chi connectivity index (χ3v) is 5.18. The summed E-state index contributed by atoms with van der Waals surface area (Å²) >= 11 is 0. The van der Waals surface area contributed by atoms with Crippen molar-refractivity contribution in [3.63, 3.8) is 0 Å². The molecule has 23 heavy (non-hydrogen) atoms. The minimum atomic E-state index is -0.746. The van der Waals surface area contributed by atoms with Crippen LogP contribution in [-0.2, 0) is 16.1 Å². The summed E-state index contributed by atoms with van der Waals surface area (Å²) < 4.78 is 5.49. The van der Waals surface area contributed by atoms with Gasteiger partial charge in [-0.15, -0.1) is 0 Å². The van der Waals surface area contributed by atoms with E-state index >= 15 is 0 Å². The highest BCUT2D eigenvalue weighted by Gasteiger charge is 2.49. The molecule has 2 aliphatic rings. The van der Waals surface area contributed by atoms with Crippen LogP contribution in [0, 0.1) is 5.92 Å². The highest BCUT2D eigenvalue weighted by molar-refractivity contribution is 5.70. The Kier molecular flexibility index (Phi) is 4.55. The number of benzene rings is 1. The molecule has 1 saturated carbocycles. The highest BCUT2D eigenvalue weighted by Crippen LogP contribution is 2.47. The van der Waals surface area contributed by atoms with Crippen LogP contribution in [0.25, 0.3) is 0 Å². The molecule has 0 radical (unpaired) electrons. The lowest BCUT2D eigenvalue weighted by Crippen LogP contribution is -2.60. The summed E-state index contributed by atoms with van der Waals surface area (Å²) in [7, 11) is 0. The van der Waals surface area contributed by atoms with Gasteiger partial charge in [0.2, 0.25) is 0 Å². The number of ether oxygens (including phenoxy) is 1. The van der Waals surface area contributed by atoms with Gasteiger partial charge >= 0.3 is 12.1 Å². The summed E-state index contributed by atoms with van der Waals surface area (Å²) in [6.45, 7) is 0.885. The molecule has 2 fully saturated rings. The molecule has 5 heteroatoms. The quantitative estimate of drug-likeness (QED) is 0.924. The molecule has 1 aliphatic heterocycles. The van der Waals surface area contributed by atoms with Gasteiger partial charge in [-0.1, -0.05) is 30.3 Å². The van der Waals surface area contributed by atoms with Crippen LogP contribution in [0.15, 0.2) is 30.3 Å². The average molecular weight is 317 g/mol. The molecule has 1 spiro atoms. The number of hydrogen-bond donors (Lipinski definition) is 1. The first-order chi connectivity index (χ1) is 11.1. The summed E-state index contributed by atoms with van der Waals surface area (Å²) in [6, 6.07) is 9.65. The van der Waals surface area contributed by atoms with Gasteiger partial charge in [0, 0.05) is 18.5 Å². The molecule has 1 aromatic carbocycles. The van der Waals surface area contributed by atoms with Gasteiger partial charge in [-0.2, -0.15) is 0 Å². The molecule has 124 valence electrons. The number of likely N-dealkylation sites (tertiary alicyclic amines) is 1. The molecule has 1 N–H and O–H groups in total. The van der Waals surface area contributed by atoms with Gasteiger partial charge in [0.05, 0.1) is 0 Å². The first-order valence-electron chi connectivity index (χ1n) is 8.29. The second-order valence-corrected chi connectivity index (χ2v) is 6.73. The molecule has 1 unspecified atom stereocenters. The van der Waals surface area contributed by atoms with E-state index in [2.05, 4.69) is 0 Å². The van der Waals surface area contributed by atoms with Crippen molar-refractivity contribution in [2.24, 2.45) is 5.92 Å². The molecule has 1 saturated heterocycles. The highest BCUT2D eigenvalue weighted by atomic mass is 16.6. The zero-order valence-electron chi connectivity index (χ0n) is 13.2. The fourth-order valence-electron chi connectivity index (χ4n) is 3.86. The predicted molar refractivity (Wildman–Crippen MR) is 84.9 cm³/mol.